The number of benzene rings is 1. The maximum absolute atomic E-state index is 6.25. The van der Waals surface area contributed by atoms with Crippen LogP contribution in [0.25, 0.3) is 0 Å². The number of hydrogen-bond acceptors (Lipinski definition) is 4. The van der Waals surface area contributed by atoms with Gasteiger partial charge in [0, 0.05) is 12.0 Å². The first kappa shape index (κ1) is 12.1. The Morgan fingerprint density at radius 1 is 1.05 bits per heavy atom. The molecule has 3 rings (SSSR count). The summed E-state index contributed by atoms with van der Waals surface area (Å²) in [5.41, 5.74) is 8.20. The standard InChI is InChI=1S/C15H17NO3/c1-10-7-12(9-19-10)15(16)11-3-4-13-14(8-11)18-6-2-5-17-13/h3-4,7-9,15H,2,5-6,16H2,1H3. The van der Waals surface area contributed by atoms with Crippen LogP contribution in [-0.4, -0.2) is 13.2 Å². The molecule has 0 saturated carbocycles. The lowest BCUT2D eigenvalue weighted by Crippen LogP contribution is -2.11. The minimum Gasteiger partial charge on any atom is -0.490 e. The monoisotopic (exact) mass is 259 g/mol. The maximum Gasteiger partial charge on any atom is 0.161 e. The second kappa shape index (κ2) is 4.97. The molecule has 2 N–H and O–H groups in total. The van der Waals surface area contributed by atoms with Crippen molar-refractivity contribution in [3.8, 4) is 11.5 Å². The molecule has 100 valence electrons. The fourth-order valence-electron chi connectivity index (χ4n) is 2.19. The van der Waals surface area contributed by atoms with Gasteiger partial charge in [-0.25, -0.2) is 0 Å². The van der Waals surface area contributed by atoms with Gasteiger partial charge in [-0.2, -0.15) is 0 Å². The van der Waals surface area contributed by atoms with E-state index in [1.165, 1.54) is 0 Å². The summed E-state index contributed by atoms with van der Waals surface area (Å²) in [6, 6.07) is 7.58. The van der Waals surface area contributed by atoms with E-state index in [-0.39, 0.29) is 6.04 Å². The summed E-state index contributed by atoms with van der Waals surface area (Å²) in [5.74, 6) is 2.42. The van der Waals surface area contributed by atoms with E-state index in [0.717, 1.165) is 34.8 Å². The summed E-state index contributed by atoms with van der Waals surface area (Å²) in [6.07, 6.45) is 2.60. The largest absolute Gasteiger partial charge is 0.490 e. The van der Waals surface area contributed by atoms with Crippen LogP contribution in [0, 0.1) is 6.92 Å². The molecule has 0 spiro atoms. The predicted molar refractivity (Wildman–Crippen MR) is 71.5 cm³/mol. The average molecular weight is 259 g/mol. The van der Waals surface area contributed by atoms with Crippen molar-refractivity contribution in [2.45, 2.75) is 19.4 Å². The van der Waals surface area contributed by atoms with Crippen LogP contribution >= 0.6 is 0 Å². The average Bonchev–Trinajstić information content (AvgIpc) is 2.72. The van der Waals surface area contributed by atoms with Gasteiger partial charge in [-0.05, 0) is 30.7 Å². The Hall–Kier alpha value is -1.94. The van der Waals surface area contributed by atoms with Crippen LogP contribution in [-0.2, 0) is 0 Å². The smallest absolute Gasteiger partial charge is 0.161 e. The van der Waals surface area contributed by atoms with Crippen LogP contribution in [0.5, 0.6) is 11.5 Å². The molecule has 0 amide bonds. The van der Waals surface area contributed by atoms with E-state index < -0.39 is 0 Å². The summed E-state index contributed by atoms with van der Waals surface area (Å²) in [5, 5.41) is 0. The van der Waals surface area contributed by atoms with Gasteiger partial charge in [-0.15, -0.1) is 0 Å². The minimum atomic E-state index is -0.213. The Labute approximate surface area is 112 Å². The molecule has 1 unspecified atom stereocenters. The number of hydrogen-bond donors (Lipinski definition) is 1. The van der Waals surface area contributed by atoms with E-state index >= 15 is 0 Å². The minimum absolute atomic E-state index is 0.213. The second-order valence-corrected chi connectivity index (χ2v) is 4.73. The second-order valence-electron chi connectivity index (χ2n) is 4.73. The molecule has 2 aromatic rings. The van der Waals surface area contributed by atoms with E-state index in [9.17, 15) is 0 Å². The Balaban J connectivity index is 1.91. The quantitative estimate of drug-likeness (QED) is 0.901. The Morgan fingerprint density at radius 2 is 1.84 bits per heavy atom. The lowest BCUT2D eigenvalue weighted by Gasteiger charge is -2.13. The number of nitrogens with two attached hydrogens (primary N) is 1. The van der Waals surface area contributed by atoms with Crippen LogP contribution in [0.2, 0.25) is 0 Å². The third kappa shape index (κ3) is 2.44. The molecular weight excluding hydrogens is 242 g/mol. The van der Waals surface area contributed by atoms with Crippen LogP contribution < -0.4 is 15.2 Å². The summed E-state index contributed by atoms with van der Waals surface area (Å²) in [7, 11) is 0. The summed E-state index contributed by atoms with van der Waals surface area (Å²) in [4.78, 5) is 0. The van der Waals surface area contributed by atoms with Crippen molar-refractivity contribution in [2.24, 2.45) is 5.73 Å². The van der Waals surface area contributed by atoms with Crippen molar-refractivity contribution in [2.75, 3.05) is 13.2 Å². The fourth-order valence-corrected chi connectivity index (χ4v) is 2.19. The highest BCUT2D eigenvalue weighted by Gasteiger charge is 2.16. The SMILES string of the molecule is Cc1cc(C(N)c2ccc3c(c2)OCCCO3)co1. The van der Waals surface area contributed by atoms with Crippen molar-refractivity contribution in [3.63, 3.8) is 0 Å². The number of aryl methyl sites for hydroxylation is 1. The number of rotatable bonds is 2. The van der Waals surface area contributed by atoms with Crippen LogP contribution in [0.3, 0.4) is 0 Å². The van der Waals surface area contributed by atoms with Gasteiger partial charge in [-0.3, -0.25) is 0 Å². The highest BCUT2D eigenvalue weighted by atomic mass is 16.5. The Kier molecular flexibility index (Phi) is 3.17. The van der Waals surface area contributed by atoms with Crippen molar-refractivity contribution < 1.29 is 13.9 Å². The third-order valence-corrected chi connectivity index (χ3v) is 3.24. The molecule has 0 radical (unpaired) electrons. The van der Waals surface area contributed by atoms with Gasteiger partial charge in [0.1, 0.15) is 5.76 Å². The molecule has 1 aliphatic rings. The molecule has 0 fully saturated rings. The fraction of sp³-hybridized carbons (Fsp3) is 0.333. The highest BCUT2D eigenvalue weighted by Crippen LogP contribution is 2.33. The van der Waals surface area contributed by atoms with Gasteiger partial charge in [0.2, 0.25) is 0 Å². The predicted octanol–water partition coefficient (Wildman–Crippen LogP) is 2.80. The summed E-state index contributed by atoms with van der Waals surface area (Å²) < 4.78 is 16.6. The van der Waals surface area contributed by atoms with Crippen LogP contribution in [0.15, 0.2) is 34.9 Å². The molecule has 4 heteroatoms. The van der Waals surface area contributed by atoms with E-state index in [1.54, 1.807) is 6.26 Å². The van der Waals surface area contributed by atoms with E-state index in [1.807, 2.05) is 31.2 Å². The molecule has 0 bridgehead atoms. The number of fused-ring (bicyclic) bond motifs is 1. The van der Waals surface area contributed by atoms with Gasteiger partial charge in [-0.1, -0.05) is 6.07 Å². The van der Waals surface area contributed by atoms with Gasteiger partial charge in [0.15, 0.2) is 11.5 Å². The Morgan fingerprint density at radius 3 is 2.58 bits per heavy atom. The van der Waals surface area contributed by atoms with Crippen molar-refractivity contribution >= 4 is 0 Å². The zero-order valence-electron chi connectivity index (χ0n) is 10.9. The first-order valence-corrected chi connectivity index (χ1v) is 6.44. The topological polar surface area (TPSA) is 57.6 Å². The van der Waals surface area contributed by atoms with E-state index in [4.69, 9.17) is 19.6 Å². The summed E-state index contributed by atoms with van der Waals surface area (Å²) in [6.45, 7) is 3.28. The highest BCUT2D eigenvalue weighted by molar-refractivity contribution is 5.46. The molecule has 1 aromatic heterocycles. The van der Waals surface area contributed by atoms with E-state index in [0.29, 0.717) is 13.2 Å². The normalized spacial score (nSPS) is 15.9. The van der Waals surface area contributed by atoms with Gasteiger partial charge in [0.05, 0.1) is 25.5 Å². The van der Waals surface area contributed by atoms with Gasteiger partial charge >= 0.3 is 0 Å². The maximum atomic E-state index is 6.25. The molecule has 1 atom stereocenters. The van der Waals surface area contributed by atoms with Crippen molar-refractivity contribution in [1.29, 1.82) is 0 Å². The third-order valence-electron chi connectivity index (χ3n) is 3.24. The lowest BCUT2D eigenvalue weighted by molar-refractivity contribution is 0.297. The molecule has 4 nitrogen and oxygen atoms in total. The molecular formula is C15H17NO3. The number of furan rings is 1. The molecule has 0 aliphatic carbocycles. The van der Waals surface area contributed by atoms with Crippen LogP contribution in [0.4, 0.5) is 0 Å². The van der Waals surface area contributed by atoms with E-state index in [2.05, 4.69) is 0 Å². The molecule has 19 heavy (non-hydrogen) atoms. The molecule has 0 saturated heterocycles. The zero-order chi connectivity index (χ0) is 13.2. The van der Waals surface area contributed by atoms with Gasteiger partial charge in [0.25, 0.3) is 0 Å². The zero-order valence-corrected chi connectivity index (χ0v) is 10.9. The van der Waals surface area contributed by atoms with Gasteiger partial charge < -0.3 is 19.6 Å². The van der Waals surface area contributed by atoms with Crippen molar-refractivity contribution in [3.05, 3.63) is 47.4 Å². The Bertz CT molecular complexity index is 577. The molecule has 1 aromatic carbocycles. The molecule has 2 heterocycles. The summed E-state index contributed by atoms with van der Waals surface area (Å²) >= 11 is 0. The van der Waals surface area contributed by atoms with Crippen LogP contribution in [0.1, 0.15) is 29.3 Å². The number of ether oxygens (including phenoxy) is 2. The molecule has 1 aliphatic heterocycles. The first-order chi connectivity index (χ1) is 9.24. The van der Waals surface area contributed by atoms with Crippen molar-refractivity contribution in [1.82, 2.24) is 0 Å². The lowest BCUT2D eigenvalue weighted by atomic mass is 10.0. The first-order valence-electron chi connectivity index (χ1n) is 6.44.